The lowest BCUT2D eigenvalue weighted by Gasteiger charge is -2.67. The van der Waals surface area contributed by atoms with Crippen molar-refractivity contribution >= 4 is 59.3 Å². The molecule has 3 aliphatic carbocycles. The summed E-state index contributed by atoms with van der Waals surface area (Å²) in [6.45, 7) is 7.83. The van der Waals surface area contributed by atoms with E-state index in [1.165, 1.54) is 64.1 Å². The molecule has 3 aromatic rings. The molecule has 21 heteroatoms. The van der Waals surface area contributed by atoms with Crippen LogP contribution in [0.25, 0.3) is 0 Å². The van der Waals surface area contributed by atoms with Crippen LogP contribution < -0.4 is 5.32 Å². The van der Waals surface area contributed by atoms with Crippen molar-refractivity contribution in [1.82, 2.24) is 10.2 Å². The van der Waals surface area contributed by atoms with Gasteiger partial charge in [0.1, 0.15) is 30.0 Å². The number of unbranched alkanes of at least 4 members (excludes halogenated alkanes) is 2. The minimum atomic E-state index is -2.52. The van der Waals surface area contributed by atoms with Crippen LogP contribution in [0.15, 0.2) is 114 Å². The maximum Gasteiger partial charge on any atom is 0.350 e. The number of aliphatic hydroxyl groups is 2. The molecule has 430 valence electrons. The van der Waals surface area contributed by atoms with E-state index in [1.807, 2.05) is 0 Å². The Morgan fingerprint density at radius 3 is 1.96 bits per heavy atom. The van der Waals surface area contributed by atoms with Crippen molar-refractivity contribution in [2.75, 3.05) is 19.8 Å². The van der Waals surface area contributed by atoms with E-state index in [2.05, 4.69) is 5.32 Å². The molecule has 1 unspecified atom stereocenters. The van der Waals surface area contributed by atoms with Crippen molar-refractivity contribution in [1.29, 1.82) is 0 Å². The summed E-state index contributed by atoms with van der Waals surface area (Å²) in [7, 11) is 0. The van der Waals surface area contributed by atoms with E-state index in [0.717, 1.165) is 18.7 Å². The largest absolute Gasteiger partial charge is 0.466 e. The van der Waals surface area contributed by atoms with Crippen LogP contribution in [0.1, 0.15) is 119 Å². The van der Waals surface area contributed by atoms with Crippen LogP contribution in [0.2, 0.25) is 0 Å². The van der Waals surface area contributed by atoms with Gasteiger partial charge in [0.15, 0.2) is 17.5 Å². The zero-order chi connectivity index (χ0) is 58.6. The first-order valence-electron chi connectivity index (χ1n) is 26.8. The summed E-state index contributed by atoms with van der Waals surface area (Å²) in [5.74, 6) is -10.1. The van der Waals surface area contributed by atoms with Gasteiger partial charge in [0.05, 0.1) is 49.1 Å². The van der Waals surface area contributed by atoms with Gasteiger partial charge in [0, 0.05) is 56.4 Å². The van der Waals surface area contributed by atoms with Crippen molar-refractivity contribution in [2.45, 2.75) is 140 Å². The van der Waals surface area contributed by atoms with Gasteiger partial charge in [-0.25, -0.2) is 9.59 Å². The molecule has 3 N–H and O–H groups in total. The molecule has 21 nitrogen and oxygen atoms in total. The van der Waals surface area contributed by atoms with Crippen LogP contribution in [0.5, 0.6) is 0 Å². The summed E-state index contributed by atoms with van der Waals surface area (Å²) in [6, 6.07) is 22.1. The predicted molar refractivity (Wildman–Crippen MR) is 281 cm³/mol. The van der Waals surface area contributed by atoms with Gasteiger partial charge in [0.2, 0.25) is 6.10 Å². The Morgan fingerprint density at radius 2 is 1.37 bits per heavy atom. The number of ketones is 1. The number of Topliss-reactive ketones (excluding diaryl/α,β-unsaturated/α-hetero) is 1. The summed E-state index contributed by atoms with van der Waals surface area (Å²) < 4.78 is 42.1. The van der Waals surface area contributed by atoms with Gasteiger partial charge in [-0.15, -0.1) is 0 Å². The molecule has 3 fully saturated rings. The van der Waals surface area contributed by atoms with Gasteiger partial charge >= 0.3 is 35.8 Å². The number of imide groups is 1. The number of carbonyl (C=O) groups excluding carboxylic acids is 10. The third kappa shape index (κ3) is 11.7. The van der Waals surface area contributed by atoms with E-state index >= 15 is 9.59 Å². The summed E-state index contributed by atoms with van der Waals surface area (Å²) in [5.41, 5.74) is -7.89. The topological polar surface area (TPSA) is 291 Å². The normalized spacial score (nSPS) is 27.9. The smallest absolute Gasteiger partial charge is 0.350 e. The number of hydrogen-bond donors (Lipinski definition) is 3. The predicted octanol–water partition coefficient (Wildman–Crippen LogP) is 4.71. The molecule has 3 amide bonds. The van der Waals surface area contributed by atoms with E-state index < -0.39 is 149 Å². The maximum atomic E-state index is 15.8. The number of ether oxygens (including phenoxy) is 7. The fourth-order valence-corrected chi connectivity index (χ4v) is 12.1. The highest BCUT2D eigenvalue weighted by Gasteiger charge is 2.78. The second-order valence-electron chi connectivity index (χ2n) is 21.8. The van der Waals surface area contributed by atoms with Crippen LogP contribution in [0.4, 0.5) is 0 Å². The molecule has 8 rings (SSSR count). The van der Waals surface area contributed by atoms with Crippen LogP contribution in [0, 0.1) is 16.7 Å². The monoisotopic (exact) mass is 1120 g/mol. The number of esters is 6. The molecule has 11 atom stereocenters. The minimum Gasteiger partial charge on any atom is -0.466 e. The standard InChI is InChI=1S/C60H66N2O19/c1-34-40(32-60(74)53(80-55(72)39-23-15-9-16-24-39)51-58(6,41(65)31-42-59(51,33-76-42)81-36(3)64)52(70)49(77-35(2)63)47(34)57(60,4)5)78-56(73)50(48(37-19-11-7-12-20-37)61-54(71)38-21-13-8-14-22-38)79-46(69)28-27-45(68)75-30-18-10-17-29-62-43(66)25-26-44(62)67/h7-9,11-16,19-26,40-42,48-51,53,65,74H,10,17-18,27-33H2,1-6H3,(H,61,71)/t40-,41?,42+,48-,49+,50+,51-,53-,58+,59-,60+/m0/s1. The highest BCUT2D eigenvalue weighted by Crippen LogP contribution is 2.64. The Bertz CT molecular complexity index is 3000. The zero-order valence-electron chi connectivity index (χ0n) is 45.8. The summed E-state index contributed by atoms with van der Waals surface area (Å²) >= 11 is 0. The molecular formula is C60H66N2O19. The minimum absolute atomic E-state index is 0.0139. The number of nitrogens with one attached hydrogen (secondary N) is 1. The molecule has 2 heterocycles. The second kappa shape index (κ2) is 24.1. The van der Waals surface area contributed by atoms with Gasteiger partial charge in [-0.05, 0) is 74.1 Å². The SMILES string of the molecule is CC(=O)O[C@H]1C(=O)[C@]2(C)C(O)C[C@H]3OC[C@@]3(OC(C)=O)[C@H]2[C@H](OC(=O)c2ccccc2)[C@]2(O)C[C@H](OC(=O)[C@H](OC(=O)CCC(=O)OCCCCCN3C(=O)C=CC3=O)[C@@H](NC(=O)c3ccccc3)c3ccccc3)C(C)=C1C2(C)C. The van der Waals surface area contributed by atoms with E-state index in [1.54, 1.807) is 66.7 Å². The molecule has 0 radical (unpaired) electrons. The fourth-order valence-electron chi connectivity index (χ4n) is 12.1. The first-order valence-corrected chi connectivity index (χ1v) is 26.8. The highest BCUT2D eigenvalue weighted by atomic mass is 16.6. The Morgan fingerprint density at radius 1 is 0.765 bits per heavy atom. The lowest BCUT2D eigenvalue weighted by atomic mass is 9.44. The molecule has 1 saturated heterocycles. The first-order chi connectivity index (χ1) is 38.4. The van der Waals surface area contributed by atoms with Crippen molar-refractivity contribution < 1.29 is 91.3 Å². The van der Waals surface area contributed by atoms with Crippen LogP contribution >= 0.6 is 0 Å². The number of hydrogen-bond acceptors (Lipinski definition) is 19. The number of carbonyl (C=O) groups is 10. The average molecular weight is 1120 g/mol. The number of rotatable bonds is 20. The van der Waals surface area contributed by atoms with Gasteiger partial charge in [-0.3, -0.25) is 43.3 Å². The van der Waals surface area contributed by atoms with E-state index in [9.17, 15) is 48.6 Å². The van der Waals surface area contributed by atoms with E-state index in [-0.39, 0.29) is 54.0 Å². The Labute approximate surface area is 467 Å². The van der Waals surface area contributed by atoms with Crippen LogP contribution in [-0.2, 0) is 71.5 Å². The highest BCUT2D eigenvalue weighted by molar-refractivity contribution is 6.12. The Balaban J connectivity index is 1.17. The number of amides is 3. The Kier molecular flexibility index (Phi) is 17.6. The van der Waals surface area contributed by atoms with Crippen molar-refractivity contribution in [3.05, 3.63) is 131 Å². The average Bonchev–Trinajstić information content (AvgIpc) is 3.82. The second-order valence-corrected chi connectivity index (χ2v) is 21.8. The summed E-state index contributed by atoms with van der Waals surface area (Å²) in [4.78, 5) is 138. The third-order valence-corrected chi connectivity index (χ3v) is 16.4. The van der Waals surface area contributed by atoms with Crippen LogP contribution in [-0.4, -0.2) is 142 Å². The van der Waals surface area contributed by atoms with E-state index in [4.69, 9.17) is 33.2 Å². The Hall–Kier alpha value is -7.88. The molecular weight excluding hydrogens is 1050 g/mol. The van der Waals surface area contributed by atoms with Gasteiger partial charge in [-0.2, -0.15) is 0 Å². The van der Waals surface area contributed by atoms with Gasteiger partial charge in [-0.1, -0.05) is 80.6 Å². The summed E-state index contributed by atoms with van der Waals surface area (Å²) in [6.07, 6.45) is -8.65. The molecule has 2 bridgehead atoms. The lowest BCUT2D eigenvalue weighted by molar-refractivity contribution is -0.346. The lowest BCUT2D eigenvalue weighted by Crippen LogP contribution is -2.82. The molecule has 5 aliphatic rings. The number of nitrogens with zero attached hydrogens (tertiary/aromatic N) is 1. The van der Waals surface area contributed by atoms with Crippen LogP contribution in [0.3, 0.4) is 0 Å². The molecule has 0 spiro atoms. The quantitative estimate of drug-likeness (QED) is 0.0454. The number of fused-ring (bicyclic) bond motifs is 5. The number of benzene rings is 3. The van der Waals surface area contributed by atoms with Gasteiger partial charge in [0.25, 0.3) is 17.7 Å². The molecule has 3 aromatic carbocycles. The first kappa shape index (κ1) is 59.2. The third-order valence-electron chi connectivity index (χ3n) is 16.4. The zero-order valence-corrected chi connectivity index (χ0v) is 45.8. The molecule has 81 heavy (non-hydrogen) atoms. The molecule has 0 aromatic heterocycles. The van der Waals surface area contributed by atoms with E-state index in [0.29, 0.717) is 19.3 Å². The maximum absolute atomic E-state index is 15.8. The fraction of sp³-hybridized carbons (Fsp3) is 0.467. The van der Waals surface area contributed by atoms with Crippen molar-refractivity contribution in [2.24, 2.45) is 16.7 Å². The van der Waals surface area contributed by atoms with Crippen molar-refractivity contribution in [3.8, 4) is 0 Å². The molecule has 2 aliphatic heterocycles. The molecule has 2 saturated carbocycles. The number of aliphatic hydroxyl groups excluding tert-OH is 1. The summed E-state index contributed by atoms with van der Waals surface area (Å²) in [5, 5.41) is 29.1. The van der Waals surface area contributed by atoms with Gasteiger partial charge < -0.3 is 48.7 Å². The van der Waals surface area contributed by atoms with Crippen molar-refractivity contribution in [3.63, 3.8) is 0 Å².